The molecule has 1 unspecified atom stereocenters. The van der Waals surface area contributed by atoms with Gasteiger partial charge in [0.05, 0.1) is 24.0 Å². The molecule has 160 valence electrons. The van der Waals surface area contributed by atoms with Gasteiger partial charge in [0.15, 0.2) is 0 Å². The largest absolute Gasteiger partial charge is 0.380 e. The molecule has 3 heterocycles. The predicted octanol–water partition coefficient (Wildman–Crippen LogP) is 5.20. The maximum absolute atomic E-state index is 5.62. The van der Waals surface area contributed by atoms with Crippen LogP contribution >= 0.6 is 0 Å². The average Bonchev–Trinajstić information content (AvgIpc) is 3.48. The topological polar surface area (TPSA) is 80.1 Å². The second-order valence-electron chi connectivity index (χ2n) is 8.09. The first-order chi connectivity index (χ1) is 15.3. The van der Waals surface area contributed by atoms with Gasteiger partial charge in [0, 0.05) is 42.1 Å². The Bertz CT molecular complexity index is 1180. The molecule has 1 aliphatic rings. The summed E-state index contributed by atoms with van der Waals surface area (Å²) in [4.78, 5) is 14.6. The van der Waals surface area contributed by atoms with Gasteiger partial charge in [-0.05, 0) is 62.1 Å². The molecule has 1 atom stereocenters. The Morgan fingerprint density at radius 1 is 1.16 bits per heavy atom. The van der Waals surface area contributed by atoms with Crippen molar-refractivity contribution in [2.24, 2.45) is 0 Å². The minimum atomic E-state index is 0.509. The molecule has 4 aromatic rings. The maximum Gasteiger partial charge on any atom is 0.258 e. The summed E-state index contributed by atoms with van der Waals surface area (Å²) < 4.78 is 11.1. The van der Waals surface area contributed by atoms with Crippen LogP contribution in [0.1, 0.15) is 38.2 Å². The molecular formula is C24H27N5O2. The van der Waals surface area contributed by atoms with Crippen LogP contribution in [0.4, 0.5) is 5.69 Å². The van der Waals surface area contributed by atoms with E-state index in [9.17, 15) is 0 Å². The number of H-pyrrole nitrogens is 1. The molecule has 0 aliphatic carbocycles. The van der Waals surface area contributed by atoms with Crippen molar-refractivity contribution in [1.82, 2.24) is 20.1 Å². The lowest BCUT2D eigenvalue weighted by Crippen LogP contribution is -2.39. The fourth-order valence-electron chi connectivity index (χ4n) is 4.54. The van der Waals surface area contributed by atoms with E-state index >= 15 is 0 Å². The summed E-state index contributed by atoms with van der Waals surface area (Å²) in [5, 5.41) is 4.21. The number of methoxy groups -OCH3 is 1. The molecule has 31 heavy (non-hydrogen) atoms. The number of anilines is 1. The van der Waals surface area contributed by atoms with Gasteiger partial charge >= 0.3 is 0 Å². The van der Waals surface area contributed by atoms with Crippen molar-refractivity contribution < 1.29 is 9.26 Å². The molecule has 1 fully saturated rings. The van der Waals surface area contributed by atoms with Crippen molar-refractivity contribution >= 4 is 16.7 Å². The minimum absolute atomic E-state index is 0.509. The van der Waals surface area contributed by atoms with E-state index in [2.05, 4.69) is 50.1 Å². The number of aromatic nitrogens is 4. The summed E-state index contributed by atoms with van der Waals surface area (Å²) in [5.41, 5.74) is 6.06. The Hall–Kier alpha value is -3.19. The molecule has 2 aromatic heterocycles. The van der Waals surface area contributed by atoms with E-state index in [0.717, 1.165) is 40.7 Å². The first kappa shape index (κ1) is 19.8. The quantitative estimate of drug-likeness (QED) is 0.465. The first-order valence-corrected chi connectivity index (χ1v) is 10.9. The van der Waals surface area contributed by atoms with Crippen LogP contribution in [0.3, 0.4) is 0 Å². The van der Waals surface area contributed by atoms with Crippen molar-refractivity contribution in [3.63, 3.8) is 0 Å². The lowest BCUT2D eigenvalue weighted by molar-refractivity contribution is 0.185. The summed E-state index contributed by atoms with van der Waals surface area (Å²) >= 11 is 0. The van der Waals surface area contributed by atoms with Crippen LogP contribution in [-0.4, -0.2) is 39.8 Å². The van der Waals surface area contributed by atoms with E-state index in [1.54, 1.807) is 13.4 Å². The number of imidazole rings is 1. The molecule has 1 aliphatic heterocycles. The minimum Gasteiger partial charge on any atom is -0.380 e. The third-order valence-corrected chi connectivity index (χ3v) is 6.14. The van der Waals surface area contributed by atoms with Crippen LogP contribution in [0.5, 0.6) is 0 Å². The number of hydrogen-bond acceptors (Lipinski definition) is 6. The van der Waals surface area contributed by atoms with Gasteiger partial charge in [-0.3, -0.25) is 0 Å². The average molecular weight is 418 g/mol. The Morgan fingerprint density at radius 2 is 2.06 bits per heavy atom. The highest BCUT2D eigenvalue weighted by Crippen LogP contribution is 2.33. The van der Waals surface area contributed by atoms with E-state index in [1.807, 2.05) is 18.2 Å². The third kappa shape index (κ3) is 3.81. The van der Waals surface area contributed by atoms with E-state index in [1.165, 1.54) is 24.9 Å². The number of ether oxygens (including phenoxy) is 1. The van der Waals surface area contributed by atoms with Crippen LogP contribution in [0.25, 0.3) is 33.9 Å². The number of benzene rings is 2. The summed E-state index contributed by atoms with van der Waals surface area (Å²) in [6.45, 7) is 3.91. The number of nitrogens with one attached hydrogen (secondary N) is 1. The fraction of sp³-hybridized carbons (Fsp3) is 0.375. The molecule has 1 saturated heterocycles. The monoisotopic (exact) mass is 417 g/mol. The maximum atomic E-state index is 5.62. The Morgan fingerprint density at radius 3 is 2.94 bits per heavy atom. The summed E-state index contributed by atoms with van der Waals surface area (Å²) in [6, 6.07) is 12.9. The molecule has 5 rings (SSSR count). The molecule has 7 heteroatoms. The second-order valence-corrected chi connectivity index (χ2v) is 8.09. The van der Waals surface area contributed by atoms with Crippen molar-refractivity contribution in [2.45, 2.75) is 45.3 Å². The Kier molecular flexibility index (Phi) is 5.42. The van der Waals surface area contributed by atoms with Crippen LogP contribution < -0.4 is 4.90 Å². The van der Waals surface area contributed by atoms with E-state index in [4.69, 9.17) is 9.26 Å². The zero-order valence-corrected chi connectivity index (χ0v) is 18.0. The number of nitrogens with zero attached hydrogens (tertiary/aromatic N) is 4. The van der Waals surface area contributed by atoms with Crippen LogP contribution in [0.2, 0.25) is 0 Å². The predicted molar refractivity (Wildman–Crippen MR) is 121 cm³/mol. The zero-order valence-electron chi connectivity index (χ0n) is 18.0. The van der Waals surface area contributed by atoms with E-state index < -0.39 is 0 Å². The molecule has 0 bridgehead atoms. The van der Waals surface area contributed by atoms with E-state index in [-0.39, 0.29) is 0 Å². The van der Waals surface area contributed by atoms with Gasteiger partial charge < -0.3 is 19.1 Å². The number of rotatable bonds is 6. The smallest absolute Gasteiger partial charge is 0.258 e. The zero-order chi connectivity index (χ0) is 21.2. The number of piperidine rings is 1. The van der Waals surface area contributed by atoms with Crippen LogP contribution in [-0.2, 0) is 11.3 Å². The standard InChI is InChI=1S/C24H27N5O2/c1-3-19-6-4-5-11-29(19)22-10-8-17(12-18(22)14-30-2)24-27-23(28-31-24)16-7-9-20-21(13-16)26-15-25-20/h7-10,12-13,15,19H,3-6,11,14H2,1-2H3,(H,25,26). The number of fused-ring (bicyclic) bond motifs is 1. The lowest BCUT2D eigenvalue weighted by atomic mass is 9.97. The molecule has 0 radical (unpaired) electrons. The summed E-state index contributed by atoms with van der Waals surface area (Å²) in [5.74, 6) is 1.07. The fourth-order valence-corrected chi connectivity index (χ4v) is 4.54. The molecule has 0 spiro atoms. The summed E-state index contributed by atoms with van der Waals surface area (Å²) in [6.07, 6.45) is 6.63. The van der Waals surface area contributed by atoms with Crippen molar-refractivity contribution in [1.29, 1.82) is 0 Å². The van der Waals surface area contributed by atoms with Gasteiger partial charge in [0.25, 0.3) is 5.89 Å². The molecule has 1 N–H and O–H groups in total. The highest BCUT2D eigenvalue weighted by atomic mass is 16.5. The normalized spacial score (nSPS) is 16.8. The highest BCUT2D eigenvalue weighted by Gasteiger charge is 2.24. The van der Waals surface area contributed by atoms with Gasteiger partial charge in [-0.1, -0.05) is 12.1 Å². The van der Waals surface area contributed by atoms with Crippen molar-refractivity contribution in [3.8, 4) is 22.8 Å². The number of aromatic amines is 1. The van der Waals surface area contributed by atoms with E-state index in [0.29, 0.717) is 24.4 Å². The Labute approximate surface area is 181 Å². The molecule has 0 amide bonds. The molecular weight excluding hydrogens is 390 g/mol. The van der Waals surface area contributed by atoms with Crippen molar-refractivity contribution in [3.05, 3.63) is 48.3 Å². The van der Waals surface area contributed by atoms with Gasteiger partial charge in [-0.2, -0.15) is 4.98 Å². The SMILES string of the molecule is CCC1CCCCN1c1ccc(-c2nc(-c3ccc4nc[nH]c4c3)no2)cc1COC. The third-order valence-electron chi connectivity index (χ3n) is 6.14. The van der Waals surface area contributed by atoms with Gasteiger partial charge in [0.1, 0.15) is 0 Å². The second kappa shape index (κ2) is 8.51. The van der Waals surface area contributed by atoms with Gasteiger partial charge in [-0.15, -0.1) is 0 Å². The van der Waals surface area contributed by atoms with Crippen LogP contribution in [0, 0.1) is 0 Å². The molecule has 0 saturated carbocycles. The molecule has 2 aromatic carbocycles. The molecule has 7 nitrogen and oxygen atoms in total. The lowest BCUT2D eigenvalue weighted by Gasteiger charge is -2.38. The summed E-state index contributed by atoms with van der Waals surface area (Å²) in [7, 11) is 1.74. The van der Waals surface area contributed by atoms with Crippen molar-refractivity contribution in [2.75, 3.05) is 18.6 Å². The van der Waals surface area contributed by atoms with Gasteiger partial charge in [-0.25, -0.2) is 4.98 Å². The number of hydrogen-bond donors (Lipinski definition) is 1. The highest BCUT2D eigenvalue weighted by molar-refractivity contribution is 5.80. The first-order valence-electron chi connectivity index (χ1n) is 10.9. The Balaban J connectivity index is 1.47. The van der Waals surface area contributed by atoms with Gasteiger partial charge in [0.2, 0.25) is 5.82 Å². The van der Waals surface area contributed by atoms with Crippen LogP contribution in [0.15, 0.2) is 47.2 Å².